The van der Waals surface area contributed by atoms with Gasteiger partial charge in [-0.3, -0.25) is 4.79 Å². The Morgan fingerprint density at radius 3 is 2.65 bits per heavy atom. The molecule has 164 valence electrons. The molecule has 1 aliphatic rings. The second kappa shape index (κ2) is 7.93. The van der Waals surface area contributed by atoms with Crippen molar-refractivity contribution < 1.29 is 23.0 Å². The van der Waals surface area contributed by atoms with Crippen molar-refractivity contribution in [2.75, 3.05) is 25.1 Å². The molecule has 1 atom stereocenters. The monoisotopic (exact) mass is 434 g/mol. The molecule has 2 aromatic heterocycles. The lowest BCUT2D eigenvalue weighted by Gasteiger charge is -2.32. The lowest BCUT2D eigenvalue weighted by Crippen LogP contribution is -2.44. The first-order chi connectivity index (χ1) is 14.7. The van der Waals surface area contributed by atoms with Gasteiger partial charge in [-0.25, -0.2) is 9.97 Å². The van der Waals surface area contributed by atoms with Crippen LogP contribution in [-0.2, 0) is 18.0 Å². The van der Waals surface area contributed by atoms with Gasteiger partial charge in [-0.05, 0) is 30.5 Å². The Kier molecular flexibility index (Phi) is 5.44. The highest BCUT2D eigenvalue weighted by molar-refractivity contribution is 5.98. The number of ether oxygens (including phenoxy) is 1. The standard InChI is InChI=1S/C21H21F3N4O3/c1-28-12-27-17-15(13-3-5-14(6-4-13)21(22,23)24)9-25-18(16(17)19(28)29)26-10-20(30)7-2-8-31-11-20/h3-6,9,12,30H,2,7-8,10-11H2,1H3,(H,25,26). The molecule has 0 spiro atoms. The highest BCUT2D eigenvalue weighted by atomic mass is 19.4. The van der Waals surface area contributed by atoms with Crippen molar-refractivity contribution >= 4 is 16.7 Å². The molecule has 0 aliphatic carbocycles. The number of hydrogen-bond donors (Lipinski definition) is 2. The van der Waals surface area contributed by atoms with Gasteiger partial charge in [0.15, 0.2) is 0 Å². The van der Waals surface area contributed by atoms with Gasteiger partial charge >= 0.3 is 6.18 Å². The number of aryl methyl sites for hydroxylation is 1. The molecule has 1 fully saturated rings. The van der Waals surface area contributed by atoms with Crippen molar-refractivity contribution in [3.05, 3.63) is 52.7 Å². The first-order valence-electron chi connectivity index (χ1n) is 9.74. The lowest BCUT2D eigenvalue weighted by atomic mass is 9.96. The number of fused-ring (bicyclic) bond motifs is 1. The van der Waals surface area contributed by atoms with Crippen LogP contribution in [0, 0.1) is 0 Å². The predicted octanol–water partition coefficient (Wildman–Crippen LogP) is 2.97. The van der Waals surface area contributed by atoms with Gasteiger partial charge in [0.2, 0.25) is 0 Å². The molecule has 1 aliphatic heterocycles. The molecule has 31 heavy (non-hydrogen) atoms. The summed E-state index contributed by atoms with van der Waals surface area (Å²) in [5.41, 5.74) is -0.999. The molecule has 0 radical (unpaired) electrons. The van der Waals surface area contributed by atoms with Crippen LogP contribution in [0.1, 0.15) is 18.4 Å². The van der Waals surface area contributed by atoms with Crippen molar-refractivity contribution in [1.29, 1.82) is 0 Å². The molecule has 1 aromatic carbocycles. The van der Waals surface area contributed by atoms with Crippen LogP contribution >= 0.6 is 0 Å². The molecule has 1 saturated heterocycles. The van der Waals surface area contributed by atoms with E-state index in [4.69, 9.17) is 4.74 Å². The summed E-state index contributed by atoms with van der Waals surface area (Å²) >= 11 is 0. The highest BCUT2D eigenvalue weighted by Crippen LogP contribution is 2.33. The van der Waals surface area contributed by atoms with Crippen LogP contribution in [0.25, 0.3) is 22.0 Å². The van der Waals surface area contributed by atoms with E-state index in [2.05, 4.69) is 15.3 Å². The molecule has 0 bridgehead atoms. The van der Waals surface area contributed by atoms with Gasteiger partial charge in [0.25, 0.3) is 5.56 Å². The van der Waals surface area contributed by atoms with E-state index in [0.29, 0.717) is 29.7 Å². The molecular formula is C21H21F3N4O3. The van der Waals surface area contributed by atoms with Crippen LogP contribution in [0.15, 0.2) is 41.6 Å². The van der Waals surface area contributed by atoms with Crippen LogP contribution < -0.4 is 10.9 Å². The predicted molar refractivity (Wildman–Crippen MR) is 109 cm³/mol. The van der Waals surface area contributed by atoms with Crippen molar-refractivity contribution in [2.24, 2.45) is 7.05 Å². The van der Waals surface area contributed by atoms with Crippen molar-refractivity contribution in [3.8, 4) is 11.1 Å². The van der Waals surface area contributed by atoms with E-state index in [9.17, 15) is 23.1 Å². The average Bonchev–Trinajstić information content (AvgIpc) is 2.74. The number of pyridine rings is 1. The SMILES string of the molecule is Cn1cnc2c(-c3ccc(C(F)(F)F)cc3)cnc(NCC3(O)CCCOC3)c2c1=O. The van der Waals surface area contributed by atoms with Crippen molar-refractivity contribution in [1.82, 2.24) is 14.5 Å². The van der Waals surface area contributed by atoms with E-state index in [1.807, 2.05) is 0 Å². The number of aliphatic hydroxyl groups is 1. The number of alkyl halides is 3. The Balaban J connectivity index is 1.75. The summed E-state index contributed by atoms with van der Waals surface area (Å²) in [6, 6.07) is 4.61. The summed E-state index contributed by atoms with van der Waals surface area (Å²) in [4.78, 5) is 21.5. The average molecular weight is 434 g/mol. The number of anilines is 1. The third-order valence-corrected chi connectivity index (χ3v) is 5.36. The number of nitrogens with zero attached hydrogens (tertiary/aromatic N) is 3. The fourth-order valence-corrected chi connectivity index (χ4v) is 3.62. The van der Waals surface area contributed by atoms with Crippen LogP contribution in [0.4, 0.5) is 19.0 Å². The Labute approximate surface area is 175 Å². The fourth-order valence-electron chi connectivity index (χ4n) is 3.62. The normalized spacial score (nSPS) is 19.5. The number of nitrogens with one attached hydrogen (secondary N) is 1. The van der Waals surface area contributed by atoms with E-state index >= 15 is 0 Å². The molecule has 7 nitrogen and oxygen atoms in total. The van der Waals surface area contributed by atoms with E-state index in [1.54, 1.807) is 7.05 Å². The van der Waals surface area contributed by atoms with Crippen LogP contribution in [0.3, 0.4) is 0 Å². The minimum Gasteiger partial charge on any atom is -0.386 e. The molecule has 4 rings (SSSR count). The minimum absolute atomic E-state index is 0.132. The molecule has 0 saturated carbocycles. The number of hydrogen-bond acceptors (Lipinski definition) is 6. The molecule has 3 aromatic rings. The molecule has 0 amide bonds. The third-order valence-electron chi connectivity index (χ3n) is 5.36. The van der Waals surface area contributed by atoms with Gasteiger partial charge in [-0.15, -0.1) is 0 Å². The third kappa shape index (κ3) is 4.26. The highest BCUT2D eigenvalue weighted by Gasteiger charge is 2.31. The Morgan fingerprint density at radius 1 is 1.26 bits per heavy atom. The molecular weight excluding hydrogens is 413 g/mol. The molecule has 2 N–H and O–H groups in total. The summed E-state index contributed by atoms with van der Waals surface area (Å²) in [6.07, 6.45) is -0.351. The second-order valence-corrected chi connectivity index (χ2v) is 7.71. The first-order valence-corrected chi connectivity index (χ1v) is 9.74. The number of rotatable bonds is 4. The molecule has 1 unspecified atom stereocenters. The fraction of sp³-hybridized carbons (Fsp3) is 0.381. The Morgan fingerprint density at radius 2 is 2.00 bits per heavy atom. The lowest BCUT2D eigenvalue weighted by molar-refractivity contribution is -0.137. The summed E-state index contributed by atoms with van der Waals surface area (Å²) in [5, 5.41) is 13.9. The van der Waals surface area contributed by atoms with Gasteiger partial charge in [0.1, 0.15) is 16.8 Å². The smallest absolute Gasteiger partial charge is 0.386 e. The zero-order valence-corrected chi connectivity index (χ0v) is 16.7. The number of benzene rings is 1. The van der Waals surface area contributed by atoms with Crippen LogP contribution in [0.2, 0.25) is 0 Å². The zero-order valence-electron chi connectivity index (χ0n) is 16.7. The summed E-state index contributed by atoms with van der Waals surface area (Å²) < 4.78 is 45.3. The maximum Gasteiger partial charge on any atom is 0.416 e. The first kappa shape index (κ1) is 21.3. The van der Waals surface area contributed by atoms with Crippen molar-refractivity contribution in [3.63, 3.8) is 0 Å². The Bertz CT molecular complexity index is 1150. The molecule has 10 heteroatoms. The van der Waals surface area contributed by atoms with Gasteiger partial charge in [-0.1, -0.05) is 12.1 Å². The maximum atomic E-state index is 12.9. The van der Waals surface area contributed by atoms with Crippen LogP contribution in [0.5, 0.6) is 0 Å². The van der Waals surface area contributed by atoms with Crippen molar-refractivity contribution in [2.45, 2.75) is 24.6 Å². The summed E-state index contributed by atoms with van der Waals surface area (Å²) in [5.74, 6) is 0.248. The largest absolute Gasteiger partial charge is 0.416 e. The van der Waals surface area contributed by atoms with E-state index in [1.165, 1.54) is 29.2 Å². The zero-order chi connectivity index (χ0) is 22.2. The topological polar surface area (TPSA) is 89.3 Å². The van der Waals surface area contributed by atoms with Gasteiger partial charge in [-0.2, -0.15) is 13.2 Å². The van der Waals surface area contributed by atoms with Crippen LogP contribution in [-0.4, -0.2) is 45.0 Å². The van der Waals surface area contributed by atoms with Gasteiger partial charge in [0, 0.05) is 32.0 Å². The maximum absolute atomic E-state index is 12.9. The van der Waals surface area contributed by atoms with Gasteiger partial charge < -0.3 is 19.7 Å². The minimum atomic E-state index is -4.44. The quantitative estimate of drug-likeness (QED) is 0.656. The Hall–Kier alpha value is -2.98. The number of halogens is 3. The number of aromatic nitrogens is 3. The van der Waals surface area contributed by atoms with E-state index in [-0.39, 0.29) is 29.9 Å². The second-order valence-electron chi connectivity index (χ2n) is 7.71. The van der Waals surface area contributed by atoms with Gasteiger partial charge in [0.05, 0.1) is 24.0 Å². The van der Waals surface area contributed by atoms with E-state index in [0.717, 1.165) is 18.6 Å². The summed E-state index contributed by atoms with van der Waals surface area (Å²) in [7, 11) is 1.55. The summed E-state index contributed by atoms with van der Waals surface area (Å²) in [6.45, 7) is 0.903. The van der Waals surface area contributed by atoms with E-state index < -0.39 is 17.3 Å². The molecule has 3 heterocycles.